The zero-order valence-electron chi connectivity index (χ0n) is 12.2. The molecule has 116 valence electrons. The molecule has 1 aromatic rings. The number of carboxylic acid groups (broad SMARTS) is 1. The summed E-state index contributed by atoms with van der Waals surface area (Å²) in [6.07, 6.45) is 1.58. The Morgan fingerprint density at radius 2 is 2.24 bits per heavy atom. The van der Waals surface area contributed by atoms with Gasteiger partial charge in [0.1, 0.15) is 0 Å². The van der Waals surface area contributed by atoms with Crippen molar-refractivity contribution in [3.05, 3.63) is 22.2 Å². The number of nitrogens with zero attached hydrogens (tertiary/aromatic N) is 1. The smallest absolute Gasteiger partial charge is 0.310 e. The Morgan fingerprint density at radius 1 is 1.52 bits per heavy atom. The van der Waals surface area contributed by atoms with Crippen molar-refractivity contribution >= 4 is 21.9 Å². The van der Waals surface area contributed by atoms with Crippen LogP contribution in [0.15, 0.2) is 16.6 Å². The van der Waals surface area contributed by atoms with E-state index in [9.17, 15) is 15.0 Å². The molecule has 6 heteroatoms. The van der Waals surface area contributed by atoms with Crippen molar-refractivity contribution in [2.24, 2.45) is 5.41 Å². The van der Waals surface area contributed by atoms with Gasteiger partial charge in [-0.05, 0) is 59.9 Å². The fraction of sp³-hybridized carbons (Fsp3) is 0.533. The molecule has 1 unspecified atom stereocenters. The predicted molar refractivity (Wildman–Crippen MR) is 82.6 cm³/mol. The largest absolute Gasteiger partial charge is 0.503 e. The number of carbonyl (C=O) groups is 1. The van der Waals surface area contributed by atoms with Crippen molar-refractivity contribution in [3.8, 4) is 11.5 Å². The van der Waals surface area contributed by atoms with Crippen molar-refractivity contribution in [1.82, 2.24) is 4.90 Å². The van der Waals surface area contributed by atoms with E-state index in [2.05, 4.69) is 20.8 Å². The average molecular weight is 358 g/mol. The van der Waals surface area contributed by atoms with Gasteiger partial charge in [0.25, 0.3) is 0 Å². The number of methoxy groups -OCH3 is 1. The highest BCUT2D eigenvalue weighted by Crippen LogP contribution is 2.36. The number of carboxylic acids is 1. The first-order valence-corrected chi connectivity index (χ1v) is 7.66. The molecule has 0 aliphatic carbocycles. The van der Waals surface area contributed by atoms with Crippen molar-refractivity contribution in [2.45, 2.75) is 26.3 Å². The molecule has 0 amide bonds. The van der Waals surface area contributed by atoms with Gasteiger partial charge >= 0.3 is 5.97 Å². The summed E-state index contributed by atoms with van der Waals surface area (Å²) in [7, 11) is 1.51. The minimum atomic E-state index is -0.739. The summed E-state index contributed by atoms with van der Waals surface area (Å²) in [4.78, 5) is 13.5. The fourth-order valence-corrected chi connectivity index (χ4v) is 3.28. The lowest BCUT2D eigenvalue weighted by molar-refractivity contribution is -0.151. The van der Waals surface area contributed by atoms with Gasteiger partial charge in [0.15, 0.2) is 11.5 Å². The van der Waals surface area contributed by atoms with Crippen LogP contribution in [0.1, 0.15) is 25.3 Å². The van der Waals surface area contributed by atoms with E-state index in [1.54, 1.807) is 13.0 Å². The second-order valence-corrected chi connectivity index (χ2v) is 6.66. The Kier molecular flexibility index (Phi) is 4.78. The first-order valence-electron chi connectivity index (χ1n) is 6.87. The molecule has 1 atom stereocenters. The number of halogens is 1. The topological polar surface area (TPSA) is 70.0 Å². The van der Waals surface area contributed by atoms with E-state index >= 15 is 0 Å². The zero-order valence-corrected chi connectivity index (χ0v) is 13.8. The van der Waals surface area contributed by atoms with Crippen LogP contribution in [-0.2, 0) is 11.3 Å². The lowest BCUT2D eigenvalue weighted by Gasteiger charge is -2.37. The van der Waals surface area contributed by atoms with Gasteiger partial charge in [-0.25, -0.2) is 0 Å². The summed E-state index contributed by atoms with van der Waals surface area (Å²) < 4.78 is 5.72. The number of piperidine rings is 1. The van der Waals surface area contributed by atoms with Crippen LogP contribution in [0.25, 0.3) is 0 Å². The number of phenols is 1. The monoisotopic (exact) mass is 357 g/mol. The lowest BCUT2D eigenvalue weighted by atomic mass is 9.82. The van der Waals surface area contributed by atoms with E-state index in [4.69, 9.17) is 4.74 Å². The van der Waals surface area contributed by atoms with Crippen LogP contribution in [0.2, 0.25) is 0 Å². The van der Waals surface area contributed by atoms with Crippen LogP contribution in [-0.4, -0.2) is 41.3 Å². The molecule has 2 rings (SSSR count). The summed E-state index contributed by atoms with van der Waals surface area (Å²) in [6, 6.07) is 3.62. The molecule has 1 saturated heterocycles. The number of hydrogen-bond acceptors (Lipinski definition) is 4. The Morgan fingerprint density at radius 3 is 2.86 bits per heavy atom. The van der Waals surface area contributed by atoms with Crippen LogP contribution in [0.5, 0.6) is 11.5 Å². The van der Waals surface area contributed by atoms with Crippen LogP contribution in [0.3, 0.4) is 0 Å². The van der Waals surface area contributed by atoms with E-state index in [0.717, 1.165) is 18.5 Å². The first-order chi connectivity index (χ1) is 9.85. The van der Waals surface area contributed by atoms with Gasteiger partial charge in [0.05, 0.1) is 17.0 Å². The highest BCUT2D eigenvalue weighted by atomic mass is 79.9. The molecule has 5 nitrogen and oxygen atoms in total. The van der Waals surface area contributed by atoms with Crippen molar-refractivity contribution in [1.29, 1.82) is 0 Å². The van der Waals surface area contributed by atoms with E-state index in [1.165, 1.54) is 7.11 Å². The third-order valence-electron chi connectivity index (χ3n) is 4.01. The summed E-state index contributed by atoms with van der Waals surface area (Å²) in [5.41, 5.74) is 0.294. The Hall–Kier alpha value is -1.27. The fourth-order valence-electron chi connectivity index (χ4n) is 2.79. The molecule has 1 aliphatic heterocycles. The van der Waals surface area contributed by atoms with Gasteiger partial charge in [-0.2, -0.15) is 0 Å². The second kappa shape index (κ2) is 6.23. The maximum atomic E-state index is 11.4. The lowest BCUT2D eigenvalue weighted by Crippen LogP contribution is -2.45. The van der Waals surface area contributed by atoms with E-state index in [-0.39, 0.29) is 5.75 Å². The Bertz CT molecular complexity index is 549. The summed E-state index contributed by atoms with van der Waals surface area (Å²) in [5.74, 6) is -0.246. The predicted octanol–water partition coefficient (Wildman–Crippen LogP) is 2.85. The van der Waals surface area contributed by atoms with Gasteiger partial charge in [-0.15, -0.1) is 0 Å². The van der Waals surface area contributed by atoms with E-state index in [1.807, 2.05) is 6.07 Å². The number of likely N-dealkylation sites (tertiary alicyclic amines) is 1. The molecule has 21 heavy (non-hydrogen) atoms. The highest BCUT2D eigenvalue weighted by Gasteiger charge is 2.37. The number of phenolic OH excluding ortho intramolecular Hbond substituents is 1. The Balaban J connectivity index is 2.15. The third-order valence-corrected chi connectivity index (χ3v) is 4.61. The highest BCUT2D eigenvalue weighted by molar-refractivity contribution is 9.10. The summed E-state index contributed by atoms with van der Waals surface area (Å²) in [6.45, 7) is 3.85. The Labute approximate surface area is 132 Å². The molecule has 2 N–H and O–H groups in total. The number of ether oxygens (including phenoxy) is 1. The quantitative estimate of drug-likeness (QED) is 0.866. The SMILES string of the molecule is COc1cc(CN2CCCC(C)(C(=O)O)C2)cc(Br)c1O. The zero-order chi connectivity index (χ0) is 15.6. The molecular formula is C15H20BrNO4. The first kappa shape index (κ1) is 16.1. The van der Waals surface area contributed by atoms with Crippen molar-refractivity contribution in [2.75, 3.05) is 20.2 Å². The number of rotatable bonds is 4. The molecule has 0 saturated carbocycles. The maximum absolute atomic E-state index is 11.4. The normalized spacial score (nSPS) is 23.0. The van der Waals surface area contributed by atoms with Crippen LogP contribution in [0, 0.1) is 5.41 Å². The van der Waals surface area contributed by atoms with Gasteiger partial charge in [0, 0.05) is 13.1 Å². The number of hydrogen-bond donors (Lipinski definition) is 2. The summed E-state index contributed by atoms with van der Waals surface area (Å²) in [5, 5.41) is 19.2. The second-order valence-electron chi connectivity index (χ2n) is 5.81. The van der Waals surface area contributed by atoms with Gasteiger partial charge in [0.2, 0.25) is 0 Å². The van der Waals surface area contributed by atoms with E-state index in [0.29, 0.717) is 29.7 Å². The van der Waals surface area contributed by atoms with Gasteiger partial charge < -0.3 is 14.9 Å². The van der Waals surface area contributed by atoms with Gasteiger partial charge in [-0.3, -0.25) is 9.69 Å². The minimum Gasteiger partial charge on any atom is -0.503 e. The molecule has 0 radical (unpaired) electrons. The van der Waals surface area contributed by atoms with Crippen LogP contribution >= 0.6 is 15.9 Å². The van der Waals surface area contributed by atoms with Gasteiger partial charge in [-0.1, -0.05) is 0 Å². The standard InChI is InChI=1S/C15H20BrNO4/c1-15(14(19)20)4-3-5-17(9-15)8-10-6-11(16)13(18)12(7-10)21-2/h6-7,18H,3-5,8-9H2,1-2H3,(H,19,20). The average Bonchev–Trinajstić information content (AvgIpc) is 2.42. The molecule has 1 fully saturated rings. The maximum Gasteiger partial charge on any atom is 0.310 e. The molecule has 1 aliphatic rings. The number of benzene rings is 1. The number of aliphatic carboxylic acids is 1. The van der Waals surface area contributed by atoms with Crippen LogP contribution < -0.4 is 4.74 Å². The molecule has 0 bridgehead atoms. The molecular weight excluding hydrogens is 338 g/mol. The molecule has 1 heterocycles. The summed E-state index contributed by atoms with van der Waals surface area (Å²) >= 11 is 3.31. The molecule has 1 aromatic carbocycles. The molecule has 0 aromatic heterocycles. The van der Waals surface area contributed by atoms with Crippen LogP contribution in [0.4, 0.5) is 0 Å². The third kappa shape index (κ3) is 3.49. The van der Waals surface area contributed by atoms with Crippen molar-refractivity contribution < 1.29 is 19.7 Å². The van der Waals surface area contributed by atoms with Crippen molar-refractivity contribution in [3.63, 3.8) is 0 Å². The van der Waals surface area contributed by atoms with E-state index < -0.39 is 11.4 Å². The molecule has 0 spiro atoms. The number of aromatic hydroxyl groups is 1. The minimum absolute atomic E-state index is 0.0790.